The molecule has 0 N–H and O–H groups in total. The van der Waals surface area contributed by atoms with Crippen LogP contribution < -0.4 is 0 Å². The standard InChI is InChI=1S/C13H23NO3S/c1-12(2)5-10-6-13(3,8-12)9-14(10)11(15)7-18(4,16)17/h10H,5-9H2,1-4H3. The van der Waals surface area contributed by atoms with Crippen LogP contribution in [0.2, 0.25) is 0 Å². The molecule has 0 spiro atoms. The lowest BCUT2D eigenvalue weighted by Crippen LogP contribution is -2.40. The minimum absolute atomic E-state index is 0.166. The van der Waals surface area contributed by atoms with E-state index >= 15 is 0 Å². The van der Waals surface area contributed by atoms with Crippen LogP contribution in [0.5, 0.6) is 0 Å². The summed E-state index contributed by atoms with van der Waals surface area (Å²) in [5, 5.41) is 0. The SMILES string of the molecule is CC1(C)CC2CC(C)(CN2C(=O)CS(C)(=O)=O)C1. The van der Waals surface area contributed by atoms with E-state index in [0.29, 0.717) is 0 Å². The van der Waals surface area contributed by atoms with Gasteiger partial charge in [0.25, 0.3) is 0 Å². The molecule has 1 heterocycles. The van der Waals surface area contributed by atoms with E-state index in [-0.39, 0.29) is 28.5 Å². The minimum atomic E-state index is -3.23. The number of carbonyl (C=O) groups excluding carboxylic acids is 1. The maximum Gasteiger partial charge on any atom is 0.238 e. The molecule has 2 atom stereocenters. The molecule has 1 saturated carbocycles. The van der Waals surface area contributed by atoms with Gasteiger partial charge >= 0.3 is 0 Å². The van der Waals surface area contributed by atoms with Crippen molar-refractivity contribution >= 4 is 15.7 Å². The Kier molecular flexibility index (Phi) is 3.04. The first-order valence-electron chi connectivity index (χ1n) is 6.47. The molecule has 18 heavy (non-hydrogen) atoms. The number of sulfone groups is 1. The zero-order chi connectivity index (χ0) is 13.8. The number of carbonyl (C=O) groups is 1. The lowest BCUT2D eigenvalue weighted by molar-refractivity contribution is -0.129. The summed E-state index contributed by atoms with van der Waals surface area (Å²) in [7, 11) is -3.23. The Labute approximate surface area is 110 Å². The lowest BCUT2D eigenvalue weighted by Gasteiger charge is -2.39. The van der Waals surface area contributed by atoms with Crippen LogP contribution in [0.25, 0.3) is 0 Å². The van der Waals surface area contributed by atoms with Gasteiger partial charge in [0.05, 0.1) is 0 Å². The Hall–Kier alpha value is -0.580. The molecule has 104 valence electrons. The van der Waals surface area contributed by atoms with Crippen molar-refractivity contribution < 1.29 is 13.2 Å². The number of hydrogen-bond acceptors (Lipinski definition) is 3. The maximum absolute atomic E-state index is 12.1. The predicted molar refractivity (Wildman–Crippen MR) is 71.0 cm³/mol. The van der Waals surface area contributed by atoms with Crippen molar-refractivity contribution in [1.82, 2.24) is 4.90 Å². The highest BCUT2D eigenvalue weighted by molar-refractivity contribution is 7.91. The van der Waals surface area contributed by atoms with Crippen molar-refractivity contribution in [3.8, 4) is 0 Å². The molecule has 0 aromatic rings. The normalized spacial score (nSPS) is 34.7. The molecule has 1 amide bonds. The number of amides is 1. The van der Waals surface area contributed by atoms with Crippen LogP contribution in [-0.2, 0) is 14.6 Å². The summed E-state index contributed by atoms with van der Waals surface area (Å²) in [6.07, 6.45) is 4.24. The van der Waals surface area contributed by atoms with E-state index in [1.165, 1.54) is 0 Å². The summed E-state index contributed by atoms with van der Waals surface area (Å²) >= 11 is 0. The molecule has 5 heteroatoms. The second kappa shape index (κ2) is 3.95. The number of nitrogens with zero attached hydrogens (tertiary/aromatic N) is 1. The highest BCUT2D eigenvalue weighted by Crippen LogP contribution is 2.52. The van der Waals surface area contributed by atoms with Crippen LogP contribution in [0, 0.1) is 10.8 Å². The summed E-state index contributed by atoms with van der Waals surface area (Å²) < 4.78 is 22.5. The van der Waals surface area contributed by atoms with Crippen LogP contribution in [0.15, 0.2) is 0 Å². The van der Waals surface area contributed by atoms with E-state index < -0.39 is 9.84 Å². The smallest absolute Gasteiger partial charge is 0.238 e. The largest absolute Gasteiger partial charge is 0.338 e. The van der Waals surface area contributed by atoms with Gasteiger partial charge < -0.3 is 4.90 Å². The van der Waals surface area contributed by atoms with E-state index in [0.717, 1.165) is 32.1 Å². The van der Waals surface area contributed by atoms with Gasteiger partial charge in [0.1, 0.15) is 5.75 Å². The fraction of sp³-hybridized carbons (Fsp3) is 0.923. The Morgan fingerprint density at radius 3 is 2.44 bits per heavy atom. The van der Waals surface area contributed by atoms with Crippen LogP contribution in [-0.4, -0.2) is 43.8 Å². The van der Waals surface area contributed by atoms with Gasteiger partial charge in [0, 0.05) is 18.8 Å². The third-order valence-electron chi connectivity index (χ3n) is 4.12. The molecule has 1 aliphatic carbocycles. The number of fused-ring (bicyclic) bond motifs is 2. The summed E-state index contributed by atoms with van der Waals surface area (Å²) in [6, 6.07) is 0.230. The fourth-order valence-electron chi connectivity index (χ4n) is 4.06. The number of likely N-dealkylation sites (tertiary alicyclic amines) is 1. The molecule has 2 aliphatic rings. The van der Waals surface area contributed by atoms with Crippen LogP contribution in [0.4, 0.5) is 0 Å². The second-order valence-electron chi connectivity index (χ2n) is 7.31. The fourth-order valence-corrected chi connectivity index (χ4v) is 4.67. The molecule has 1 aliphatic heterocycles. The Morgan fingerprint density at radius 1 is 1.28 bits per heavy atom. The third kappa shape index (κ3) is 2.87. The van der Waals surface area contributed by atoms with Crippen LogP contribution in [0.1, 0.15) is 40.0 Å². The van der Waals surface area contributed by atoms with Gasteiger partial charge in [-0.2, -0.15) is 0 Å². The quantitative estimate of drug-likeness (QED) is 0.765. The molecule has 0 aromatic carbocycles. The summed E-state index contributed by atoms with van der Waals surface area (Å²) in [5.74, 6) is -0.566. The topological polar surface area (TPSA) is 54.5 Å². The van der Waals surface area contributed by atoms with E-state index in [1.54, 1.807) is 0 Å². The third-order valence-corrected chi connectivity index (χ3v) is 4.89. The predicted octanol–water partition coefficient (Wildman–Crippen LogP) is 1.46. The molecular weight excluding hydrogens is 250 g/mol. The Bertz CT molecular complexity index is 469. The van der Waals surface area contributed by atoms with Crippen molar-refractivity contribution in [2.45, 2.75) is 46.1 Å². The zero-order valence-corrected chi connectivity index (χ0v) is 12.5. The molecule has 2 unspecified atom stereocenters. The van der Waals surface area contributed by atoms with Gasteiger partial charge in [-0.05, 0) is 30.1 Å². The Morgan fingerprint density at radius 2 is 1.89 bits per heavy atom. The van der Waals surface area contributed by atoms with Crippen molar-refractivity contribution in [2.24, 2.45) is 10.8 Å². The molecule has 4 nitrogen and oxygen atoms in total. The highest BCUT2D eigenvalue weighted by Gasteiger charge is 2.51. The van der Waals surface area contributed by atoms with Gasteiger partial charge in [-0.25, -0.2) is 8.42 Å². The monoisotopic (exact) mass is 273 g/mol. The van der Waals surface area contributed by atoms with Gasteiger partial charge in [-0.1, -0.05) is 20.8 Å². The van der Waals surface area contributed by atoms with Crippen molar-refractivity contribution in [3.05, 3.63) is 0 Å². The van der Waals surface area contributed by atoms with E-state index in [9.17, 15) is 13.2 Å². The molecule has 1 saturated heterocycles. The van der Waals surface area contributed by atoms with E-state index in [1.807, 2.05) is 4.90 Å². The van der Waals surface area contributed by atoms with Crippen molar-refractivity contribution in [1.29, 1.82) is 0 Å². The average molecular weight is 273 g/mol. The number of rotatable bonds is 2. The van der Waals surface area contributed by atoms with Gasteiger partial charge in [0.2, 0.25) is 5.91 Å². The lowest BCUT2D eigenvalue weighted by atomic mass is 9.65. The second-order valence-corrected chi connectivity index (χ2v) is 9.45. The zero-order valence-electron chi connectivity index (χ0n) is 11.7. The molecule has 2 rings (SSSR count). The van der Waals surface area contributed by atoms with E-state index in [2.05, 4.69) is 20.8 Å². The van der Waals surface area contributed by atoms with Gasteiger partial charge in [-0.3, -0.25) is 4.79 Å². The summed E-state index contributed by atoms with van der Waals surface area (Å²) in [4.78, 5) is 13.9. The minimum Gasteiger partial charge on any atom is -0.338 e. The first kappa shape index (κ1) is 13.8. The number of hydrogen-bond donors (Lipinski definition) is 0. The highest BCUT2D eigenvalue weighted by atomic mass is 32.2. The van der Waals surface area contributed by atoms with Crippen molar-refractivity contribution in [3.63, 3.8) is 0 Å². The maximum atomic E-state index is 12.1. The average Bonchev–Trinajstić information content (AvgIpc) is 2.31. The summed E-state index contributed by atoms with van der Waals surface area (Å²) in [6.45, 7) is 7.41. The molecule has 0 radical (unpaired) electrons. The molecule has 0 aromatic heterocycles. The van der Waals surface area contributed by atoms with E-state index in [4.69, 9.17) is 0 Å². The molecular formula is C13H23NO3S. The first-order valence-corrected chi connectivity index (χ1v) is 8.53. The molecule has 2 fully saturated rings. The molecule has 2 bridgehead atoms. The Balaban J connectivity index is 2.16. The van der Waals surface area contributed by atoms with Crippen molar-refractivity contribution in [2.75, 3.05) is 18.6 Å². The van der Waals surface area contributed by atoms with Gasteiger partial charge in [-0.15, -0.1) is 0 Å². The van der Waals surface area contributed by atoms with Crippen LogP contribution >= 0.6 is 0 Å². The first-order chi connectivity index (χ1) is 8.00. The van der Waals surface area contributed by atoms with Crippen LogP contribution in [0.3, 0.4) is 0 Å². The summed E-state index contributed by atoms with van der Waals surface area (Å²) in [5.41, 5.74) is 0.414. The van der Waals surface area contributed by atoms with Gasteiger partial charge in [0.15, 0.2) is 9.84 Å².